The van der Waals surface area contributed by atoms with Crippen LogP contribution in [-0.4, -0.2) is 10.9 Å². The van der Waals surface area contributed by atoms with Crippen molar-refractivity contribution in [3.63, 3.8) is 0 Å². The van der Waals surface area contributed by atoms with Crippen LogP contribution in [0.1, 0.15) is 23.4 Å². The van der Waals surface area contributed by atoms with Crippen LogP contribution in [0.25, 0.3) is 11.1 Å². The fourth-order valence-corrected chi connectivity index (χ4v) is 2.35. The van der Waals surface area contributed by atoms with Crippen molar-refractivity contribution in [2.75, 3.05) is 0 Å². The number of aryl methyl sites for hydroxylation is 1. The van der Waals surface area contributed by atoms with Gasteiger partial charge in [0.1, 0.15) is 5.52 Å². The highest BCUT2D eigenvalue weighted by atomic mass is 19.4. The van der Waals surface area contributed by atoms with E-state index < -0.39 is 11.7 Å². The number of carbonyl (C=O) groups is 1. The number of para-hydroxylation sites is 2. The lowest BCUT2D eigenvalue weighted by molar-refractivity contribution is -0.137. The zero-order valence-corrected chi connectivity index (χ0v) is 13.1. The topological polar surface area (TPSA) is 55.1 Å². The van der Waals surface area contributed by atoms with E-state index >= 15 is 0 Å². The van der Waals surface area contributed by atoms with Crippen molar-refractivity contribution in [2.24, 2.45) is 0 Å². The van der Waals surface area contributed by atoms with Crippen LogP contribution >= 0.6 is 0 Å². The summed E-state index contributed by atoms with van der Waals surface area (Å²) in [7, 11) is 0. The van der Waals surface area contributed by atoms with E-state index in [0.29, 0.717) is 23.5 Å². The fourth-order valence-electron chi connectivity index (χ4n) is 2.35. The van der Waals surface area contributed by atoms with Crippen molar-refractivity contribution < 1.29 is 22.4 Å². The number of alkyl halides is 3. The summed E-state index contributed by atoms with van der Waals surface area (Å²) < 4.78 is 43.0. The number of nitrogens with zero attached hydrogens (tertiary/aromatic N) is 1. The van der Waals surface area contributed by atoms with E-state index in [1.807, 2.05) is 18.2 Å². The molecule has 0 aliphatic heterocycles. The molecule has 130 valence electrons. The molecule has 0 unspecified atom stereocenters. The van der Waals surface area contributed by atoms with Crippen molar-refractivity contribution in [3.8, 4) is 0 Å². The van der Waals surface area contributed by atoms with Gasteiger partial charge >= 0.3 is 6.18 Å². The Morgan fingerprint density at radius 1 is 1.08 bits per heavy atom. The van der Waals surface area contributed by atoms with Gasteiger partial charge in [0.2, 0.25) is 5.91 Å². The van der Waals surface area contributed by atoms with E-state index in [1.165, 1.54) is 12.1 Å². The van der Waals surface area contributed by atoms with Gasteiger partial charge in [-0.25, -0.2) is 4.98 Å². The van der Waals surface area contributed by atoms with Crippen molar-refractivity contribution in [2.45, 2.75) is 25.6 Å². The normalized spacial score (nSPS) is 11.6. The van der Waals surface area contributed by atoms with Crippen molar-refractivity contribution >= 4 is 17.0 Å². The molecule has 4 nitrogen and oxygen atoms in total. The molecule has 0 radical (unpaired) electrons. The number of fused-ring (bicyclic) bond motifs is 1. The molecule has 0 fully saturated rings. The molecule has 1 amide bonds. The van der Waals surface area contributed by atoms with Crippen LogP contribution in [0.2, 0.25) is 0 Å². The number of hydrogen-bond donors (Lipinski definition) is 1. The minimum absolute atomic E-state index is 0.171. The second-order valence-electron chi connectivity index (χ2n) is 5.55. The van der Waals surface area contributed by atoms with Crippen molar-refractivity contribution in [1.29, 1.82) is 0 Å². The van der Waals surface area contributed by atoms with E-state index in [0.717, 1.165) is 17.6 Å². The number of benzene rings is 2. The Hall–Kier alpha value is -2.83. The SMILES string of the molecule is O=C(CCc1nc2ccccc2o1)NCc1ccc(C(F)(F)F)cc1. The zero-order chi connectivity index (χ0) is 17.9. The summed E-state index contributed by atoms with van der Waals surface area (Å²) in [6.07, 6.45) is -3.82. The largest absolute Gasteiger partial charge is 0.441 e. The number of nitrogens with one attached hydrogen (secondary N) is 1. The Morgan fingerprint density at radius 2 is 1.80 bits per heavy atom. The second-order valence-corrected chi connectivity index (χ2v) is 5.55. The van der Waals surface area contributed by atoms with Crippen LogP contribution in [0.15, 0.2) is 52.9 Å². The molecule has 1 heterocycles. The number of carbonyl (C=O) groups excluding carboxylic acids is 1. The third-order valence-electron chi connectivity index (χ3n) is 3.68. The summed E-state index contributed by atoms with van der Waals surface area (Å²) in [4.78, 5) is 16.2. The minimum atomic E-state index is -4.36. The average Bonchev–Trinajstić information content (AvgIpc) is 3.00. The molecule has 0 saturated heterocycles. The maximum absolute atomic E-state index is 12.5. The first kappa shape index (κ1) is 17.0. The Bertz CT molecular complexity index is 837. The third-order valence-corrected chi connectivity index (χ3v) is 3.68. The monoisotopic (exact) mass is 348 g/mol. The quantitative estimate of drug-likeness (QED) is 0.755. The van der Waals surface area contributed by atoms with E-state index in [2.05, 4.69) is 10.3 Å². The van der Waals surface area contributed by atoms with Gasteiger partial charge in [0.05, 0.1) is 5.56 Å². The van der Waals surface area contributed by atoms with Gasteiger partial charge < -0.3 is 9.73 Å². The summed E-state index contributed by atoms with van der Waals surface area (Å²) in [6.45, 7) is 0.171. The summed E-state index contributed by atoms with van der Waals surface area (Å²) in [5.41, 5.74) is 1.30. The summed E-state index contributed by atoms with van der Waals surface area (Å²) >= 11 is 0. The number of halogens is 3. The fraction of sp³-hybridized carbons (Fsp3) is 0.222. The first-order chi connectivity index (χ1) is 11.9. The maximum Gasteiger partial charge on any atom is 0.416 e. The lowest BCUT2D eigenvalue weighted by atomic mass is 10.1. The molecule has 3 aromatic rings. The molecular formula is C18H15F3N2O2. The van der Waals surface area contributed by atoms with Gasteiger partial charge in [-0.15, -0.1) is 0 Å². The van der Waals surface area contributed by atoms with E-state index in [-0.39, 0.29) is 18.9 Å². The van der Waals surface area contributed by atoms with Crippen LogP contribution in [-0.2, 0) is 23.9 Å². The lowest BCUT2D eigenvalue weighted by Crippen LogP contribution is -2.23. The smallest absolute Gasteiger partial charge is 0.416 e. The van der Waals surface area contributed by atoms with Gasteiger partial charge in [0.25, 0.3) is 0 Å². The van der Waals surface area contributed by atoms with Gasteiger partial charge in [-0.3, -0.25) is 4.79 Å². The molecule has 25 heavy (non-hydrogen) atoms. The van der Waals surface area contributed by atoms with E-state index in [9.17, 15) is 18.0 Å². The lowest BCUT2D eigenvalue weighted by Gasteiger charge is -2.08. The first-order valence-electron chi connectivity index (χ1n) is 7.69. The third kappa shape index (κ3) is 4.37. The van der Waals surface area contributed by atoms with Crippen LogP contribution in [0.5, 0.6) is 0 Å². The number of aromatic nitrogens is 1. The number of rotatable bonds is 5. The Kier molecular flexibility index (Phi) is 4.74. The Labute approximate surface area is 141 Å². The predicted molar refractivity (Wildman–Crippen MR) is 85.6 cm³/mol. The van der Waals surface area contributed by atoms with E-state index in [4.69, 9.17) is 4.42 Å². The van der Waals surface area contributed by atoms with Gasteiger partial charge in [-0.05, 0) is 29.8 Å². The molecule has 1 N–H and O–H groups in total. The van der Waals surface area contributed by atoms with Crippen LogP contribution in [0.4, 0.5) is 13.2 Å². The molecule has 2 aromatic carbocycles. The molecular weight excluding hydrogens is 333 g/mol. The van der Waals surface area contributed by atoms with Crippen LogP contribution in [0, 0.1) is 0 Å². The van der Waals surface area contributed by atoms with Crippen LogP contribution in [0.3, 0.4) is 0 Å². The van der Waals surface area contributed by atoms with Gasteiger partial charge in [-0.1, -0.05) is 24.3 Å². The standard InChI is InChI=1S/C18H15F3N2O2/c19-18(20,21)13-7-5-12(6-8-13)11-22-16(24)9-10-17-23-14-3-1-2-4-15(14)25-17/h1-8H,9-11H2,(H,22,24). The predicted octanol–water partition coefficient (Wildman–Crippen LogP) is 4.10. The van der Waals surface area contributed by atoms with Crippen molar-refractivity contribution in [1.82, 2.24) is 10.3 Å². The van der Waals surface area contributed by atoms with Gasteiger partial charge in [-0.2, -0.15) is 13.2 Å². The number of oxazole rings is 1. The molecule has 1 aromatic heterocycles. The average molecular weight is 348 g/mol. The minimum Gasteiger partial charge on any atom is -0.441 e. The highest BCUT2D eigenvalue weighted by Gasteiger charge is 2.29. The highest BCUT2D eigenvalue weighted by Crippen LogP contribution is 2.29. The van der Waals surface area contributed by atoms with Gasteiger partial charge in [0, 0.05) is 19.4 Å². The number of hydrogen-bond acceptors (Lipinski definition) is 3. The summed E-state index contributed by atoms with van der Waals surface area (Å²) in [5.74, 6) is 0.257. The molecule has 0 aliphatic carbocycles. The Morgan fingerprint density at radius 3 is 2.48 bits per heavy atom. The molecule has 0 atom stereocenters. The molecule has 3 rings (SSSR count). The molecule has 0 spiro atoms. The zero-order valence-electron chi connectivity index (χ0n) is 13.1. The number of amides is 1. The summed E-state index contributed by atoms with van der Waals surface area (Å²) in [6, 6.07) is 12.0. The van der Waals surface area contributed by atoms with E-state index in [1.54, 1.807) is 6.07 Å². The first-order valence-corrected chi connectivity index (χ1v) is 7.69. The molecule has 0 bridgehead atoms. The maximum atomic E-state index is 12.5. The Balaban J connectivity index is 1.49. The molecule has 7 heteroatoms. The molecule has 0 saturated carbocycles. The van der Waals surface area contributed by atoms with Crippen molar-refractivity contribution in [3.05, 3.63) is 65.5 Å². The summed E-state index contributed by atoms with van der Waals surface area (Å²) in [5, 5.41) is 2.67. The second kappa shape index (κ2) is 6.96. The highest BCUT2D eigenvalue weighted by molar-refractivity contribution is 5.76. The molecule has 0 aliphatic rings. The van der Waals surface area contributed by atoms with Gasteiger partial charge in [0.15, 0.2) is 11.5 Å². The van der Waals surface area contributed by atoms with Crippen LogP contribution < -0.4 is 5.32 Å².